The van der Waals surface area contributed by atoms with Gasteiger partial charge in [0.15, 0.2) is 5.76 Å². The number of anilines is 2. The Morgan fingerprint density at radius 1 is 1.12 bits per heavy atom. The van der Waals surface area contributed by atoms with Crippen LogP contribution in [0.4, 0.5) is 11.4 Å². The number of rotatable bonds is 4. The van der Waals surface area contributed by atoms with Crippen LogP contribution in [-0.4, -0.2) is 35.6 Å². The third-order valence-electron chi connectivity index (χ3n) is 3.58. The third-order valence-corrected chi connectivity index (χ3v) is 3.58. The van der Waals surface area contributed by atoms with E-state index in [1.54, 1.807) is 36.4 Å². The van der Waals surface area contributed by atoms with Gasteiger partial charge in [0.2, 0.25) is 5.91 Å². The molecule has 0 saturated carbocycles. The van der Waals surface area contributed by atoms with Crippen molar-refractivity contribution in [1.29, 1.82) is 0 Å². The van der Waals surface area contributed by atoms with Gasteiger partial charge in [-0.2, -0.15) is 0 Å². The Morgan fingerprint density at radius 2 is 1.79 bits per heavy atom. The number of hydrogen-bond donors (Lipinski definition) is 4. The minimum absolute atomic E-state index is 0. The van der Waals surface area contributed by atoms with E-state index >= 15 is 0 Å². The van der Waals surface area contributed by atoms with E-state index in [2.05, 4.69) is 16.0 Å². The Balaban J connectivity index is 0.00000208. The van der Waals surface area contributed by atoms with Crippen LogP contribution >= 0.6 is 12.4 Å². The highest BCUT2D eigenvalue weighted by atomic mass is 35.5. The van der Waals surface area contributed by atoms with Gasteiger partial charge in [-0.3, -0.25) is 9.59 Å². The van der Waals surface area contributed by atoms with Gasteiger partial charge in [-0.15, -0.1) is 12.4 Å². The summed E-state index contributed by atoms with van der Waals surface area (Å²) in [6, 6.07) is 9.60. The standard InChI is InChI=1S/C16H17N3O4.ClH/c20-12-8-13(17-9-12)15(21)18-10-3-5-11(6-4-10)19-16(22)14-2-1-7-23-14;/h1-7,12-13,17,20H,8-9H2,(H,18,21)(H,19,22);1H. The highest BCUT2D eigenvalue weighted by molar-refractivity contribution is 6.02. The molecule has 2 aromatic rings. The van der Waals surface area contributed by atoms with Crippen LogP contribution in [0.2, 0.25) is 0 Å². The SMILES string of the molecule is Cl.O=C(Nc1ccc(NC(=O)C2CC(O)CN2)cc1)c1ccco1. The molecule has 24 heavy (non-hydrogen) atoms. The molecule has 2 unspecified atom stereocenters. The second-order valence-corrected chi connectivity index (χ2v) is 5.35. The van der Waals surface area contributed by atoms with E-state index in [9.17, 15) is 14.7 Å². The third kappa shape index (κ3) is 4.35. The first kappa shape index (κ1) is 18.0. The number of benzene rings is 1. The fraction of sp³-hybridized carbons (Fsp3) is 0.250. The average molecular weight is 352 g/mol. The van der Waals surface area contributed by atoms with Crippen molar-refractivity contribution < 1.29 is 19.1 Å². The van der Waals surface area contributed by atoms with Crippen molar-refractivity contribution in [2.45, 2.75) is 18.6 Å². The molecule has 0 bridgehead atoms. The number of hydrogen-bond acceptors (Lipinski definition) is 5. The van der Waals surface area contributed by atoms with Gasteiger partial charge in [0.05, 0.1) is 18.4 Å². The smallest absolute Gasteiger partial charge is 0.291 e. The molecule has 0 spiro atoms. The maximum atomic E-state index is 12.0. The van der Waals surface area contributed by atoms with Gasteiger partial charge in [0, 0.05) is 17.9 Å². The fourth-order valence-electron chi connectivity index (χ4n) is 2.38. The minimum Gasteiger partial charge on any atom is -0.459 e. The second-order valence-electron chi connectivity index (χ2n) is 5.35. The number of nitrogens with one attached hydrogen (secondary N) is 3. The number of halogens is 1. The Bertz CT molecular complexity index is 688. The van der Waals surface area contributed by atoms with Crippen molar-refractivity contribution in [3.8, 4) is 0 Å². The zero-order valence-corrected chi connectivity index (χ0v) is 13.5. The Hall–Kier alpha value is -2.35. The van der Waals surface area contributed by atoms with E-state index in [1.165, 1.54) is 6.26 Å². The van der Waals surface area contributed by atoms with Crippen molar-refractivity contribution in [1.82, 2.24) is 5.32 Å². The van der Waals surface area contributed by atoms with E-state index < -0.39 is 6.10 Å². The quantitative estimate of drug-likeness (QED) is 0.670. The summed E-state index contributed by atoms with van der Waals surface area (Å²) in [5.74, 6) is -0.293. The van der Waals surface area contributed by atoms with Gasteiger partial charge in [-0.1, -0.05) is 0 Å². The highest BCUT2D eigenvalue weighted by Crippen LogP contribution is 2.16. The fourth-order valence-corrected chi connectivity index (χ4v) is 2.38. The number of aliphatic hydroxyl groups is 1. The number of carbonyl (C=O) groups excluding carboxylic acids is 2. The number of amides is 2. The molecule has 1 aliphatic rings. The van der Waals surface area contributed by atoms with Crippen LogP contribution in [0.15, 0.2) is 47.1 Å². The molecular weight excluding hydrogens is 334 g/mol. The Kier molecular flexibility index (Phi) is 5.97. The van der Waals surface area contributed by atoms with Crippen molar-refractivity contribution >= 4 is 35.6 Å². The molecule has 0 radical (unpaired) electrons. The average Bonchev–Trinajstić information content (AvgIpc) is 3.20. The van der Waals surface area contributed by atoms with Gasteiger partial charge in [0.1, 0.15) is 0 Å². The molecule has 2 atom stereocenters. The molecule has 1 fully saturated rings. The summed E-state index contributed by atoms with van der Waals surface area (Å²) in [4.78, 5) is 23.8. The van der Waals surface area contributed by atoms with Gasteiger partial charge < -0.3 is 25.5 Å². The van der Waals surface area contributed by atoms with Crippen molar-refractivity contribution in [3.05, 3.63) is 48.4 Å². The number of carbonyl (C=O) groups is 2. The van der Waals surface area contributed by atoms with Crippen molar-refractivity contribution in [3.63, 3.8) is 0 Å². The van der Waals surface area contributed by atoms with Gasteiger partial charge in [0.25, 0.3) is 5.91 Å². The highest BCUT2D eigenvalue weighted by Gasteiger charge is 2.27. The topological polar surface area (TPSA) is 104 Å². The van der Waals surface area contributed by atoms with E-state index in [0.717, 1.165) is 0 Å². The van der Waals surface area contributed by atoms with Crippen LogP contribution in [0.3, 0.4) is 0 Å². The lowest BCUT2D eigenvalue weighted by Gasteiger charge is -2.11. The van der Waals surface area contributed by atoms with E-state index in [1.807, 2.05) is 0 Å². The van der Waals surface area contributed by atoms with Crippen LogP contribution in [0.1, 0.15) is 17.0 Å². The van der Waals surface area contributed by atoms with E-state index in [-0.39, 0.29) is 36.0 Å². The zero-order valence-electron chi connectivity index (χ0n) is 12.7. The molecule has 1 saturated heterocycles. The van der Waals surface area contributed by atoms with Gasteiger partial charge in [-0.25, -0.2) is 0 Å². The first-order valence-corrected chi connectivity index (χ1v) is 7.29. The summed E-state index contributed by atoms with van der Waals surface area (Å²) in [6.07, 6.45) is 1.36. The summed E-state index contributed by atoms with van der Waals surface area (Å²) in [5, 5.41) is 17.8. The van der Waals surface area contributed by atoms with Gasteiger partial charge in [-0.05, 0) is 42.8 Å². The lowest BCUT2D eigenvalue weighted by molar-refractivity contribution is -0.117. The summed E-state index contributed by atoms with van der Waals surface area (Å²) < 4.78 is 5.01. The molecule has 8 heteroatoms. The molecule has 1 aliphatic heterocycles. The maximum Gasteiger partial charge on any atom is 0.291 e. The predicted molar refractivity (Wildman–Crippen MR) is 91.4 cm³/mol. The van der Waals surface area contributed by atoms with Crippen LogP contribution in [0, 0.1) is 0 Å². The molecule has 2 heterocycles. The van der Waals surface area contributed by atoms with E-state index in [0.29, 0.717) is 24.3 Å². The van der Waals surface area contributed by atoms with Crippen LogP contribution < -0.4 is 16.0 Å². The van der Waals surface area contributed by atoms with Crippen LogP contribution in [0.25, 0.3) is 0 Å². The second kappa shape index (κ2) is 7.96. The molecule has 3 rings (SSSR count). The zero-order chi connectivity index (χ0) is 16.2. The molecule has 0 aliphatic carbocycles. The minimum atomic E-state index is -0.482. The predicted octanol–water partition coefficient (Wildman–Crippen LogP) is 1.61. The first-order chi connectivity index (χ1) is 11.1. The first-order valence-electron chi connectivity index (χ1n) is 7.29. The van der Waals surface area contributed by atoms with Gasteiger partial charge >= 0.3 is 0 Å². The lowest BCUT2D eigenvalue weighted by Crippen LogP contribution is -2.35. The number of β-amino-alcohol motifs (C(OH)–C–C–N with tert-alkyl or cyclic N) is 1. The van der Waals surface area contributed by atoms with Crippen LogP contribution in [0.5, 0.6) is 0 Å². The Morgan fingerprint density at radius 3 is 2.33 bits per heavy atom. The van der Waals surface area contributed by atoms with E-state index in [4.69, 9.17) is 4.42 Å². The van der Waals surface area contributed by atoms with Crippen molar-refractivity contribution in [2.75, 3.05) is 17.2 Å². The lowest BCUT2D eigenvalue weighted by atomic mass is 10.2. The largest absolute Gasteiger partial charge is 0.459 e. The number of aliphatic hydroxyl groups excluding tert-OH is 1. The molecule has 1 aromatic heterocycles. The molecule has 2 amide bonds. The Labute approximate surface area is 144 Å². The molecule has 4 N–H and O–H groups in total. The molecule has 7 nitrogen and oxygen atoms in total. The normalized spacial score (nSPS) is 19.4. The maximum absolute atomic E-state index is 12.0. The summed E-state index contributed by atoms with van der Waals surface area (Å²) in [5.41, 5.74) is 1.22. The molecular formula is C16H18ClN3O4. The summed E-state index contributed by atoms with van der Waals surface area (Å²) >= 11 is 0. The summed E-state index contributed by atoms with van der Waals surface area (Å²) in [7, 11) is 0. The van der Waals surface area contributed by atoms with Crippen LogP contribution in [-0.2, 0) is 4.79 Å². The van der Waals surface area contributed by atoms with Crippen molar-refractivity contribution in [2.24, 2.45) is 0 Å². The molecule has 1 aromatic carbocycles. The number of furan rings is 1. The monoisotopic (exact) mass is 351 g/mol. The summed E-state index contributed by atoms with van der Waals surface area (Å²) in [6.45, 7) is 0.426. The molecule has 128 valence electrons.